The Hall–Kier alpha value is -1.76. The number of sulfonamides is 1. The first kappa shape index (κ1) is 9.78. The third kappa shape index (κ3) is 1.50. The smallest absolute Gasteiger partial charge is 0.266 e. The van der Waals surface area contributed by atoms with E-state index in [1.165, 1.54) is 18.2 Å². The lowest BCUT2D eigenvalue weighted by Gasteiger charge is -1.97. The Balaban J connectivity index is 2.62. The molecule has 0 atom stereocenters. The molecule has 1 amide bonds. The lowest BCUT2D eigenvalue weighted by Crippen LogP contribution is -2.20. The molecule has 0 bridgehead atoms. The van der Waals surface area contributed by atoms with Crippen LogP contribution in [0.15, 0.2) is 28.3 Å². The van der Waals surface area contributed by atoms with E-state index in [0.29, 0.717) is 5.56 Å². The average Bonchev–Trinajstić information content (AvgIpc) is 2.38. The van der Waals surface area contributed by atoms with Crippen LogP contribution in [0.25, 0.3) is 0 Å². The zero-order chi connectivity index (χ0) is 11.1. The number of benzene rings is 1. The van der Waals surface area contributed by atoms with Gasteiger partial charge >= 0.3 is 0 Å². The van der Waals surface area contributed by atoms with Crippen molar-refractivity contribution in [1.82, 2.24) is 4.72 Å². The van der Waals surface area contributed by atoms with Gasteiger partial charge in [0.15, 0.2) is 0 Å². The molecular formula is C8H6N2O4S. The average molecular weight is 226 g/mol. The van der Waals surface area contributed by atoms with Crippen LogP contribution in [-0.2, 0) is 16.6 Å². The molecule has 1 N–H and O–H groups in total. The van der Waals surface area contributed by atoms with Crippen molar-refractivity contribution in [2.75, 3.05) is 0 Å². The number of amides is 1. The molecule has 1 aromatic carbocycles. The van der Waals surface area contributed by atoms with E-state index < -0.39 is 15.9 Å². The fourth-order valence-electron chi connectivity index (χ4n) is 1.38. The number of nitrogens with one attached hydrogen (secondary N) is 1. The second-order valence-corrected chi connectivity index (χ2v) is 4.70. The van der Waals surface area contributed by atoms with Gasteiger partial charge in [0.1, 0.15) is 11.4 Å². The Morgan fingerprint density at radius 2 is 2.07 bits per heavy atom. The van der Waals surface area contributed by atoms with Crippen LogP contribution >= 0.6 is 0 Å². The molecule has 0 saturated carbocycles. The third-order valence-electron chi connectivity index (χ3n) is 2.05. The van der Waals surface area contributed by atoms with Crippen LogP contribution in [0.4, 0.5) is 0 Å². The molecule has 1 aliphatic rings. The lowest BCUT2D eigenvalue weighted by atomic mass is 10.1. The van der Waals surface area contributed by atoms with Crippen LogP contribution in [0.5, 0.6) is 0 Å². The van der Waals surface area contributed by atoms with E-state index in [0.717, 1.165) is 0 Å². The topological polar surface area (TPSA) is 92.7 Å². The molecule has 15 heavy (non-hydrogen) atoms. The van der Waals surface area contributed by atoms with Crippen molar-refractivity contribution in [2.24, 2.45) is 5.18 Å². The Bertz CT molecular complexity index is 550. The third-order valence-corrected chi connectivity index (χ3v) is 3.43. The van der Waals surface area contributed by atoms with Gasteiger partial charge in [0.05, 0.1) is 5.56 Å². The van der Waals surface area contributed by atoms with Crippen molar-refractivity contribution in [3.63, 3.8) is 0 Å². The van der Waals surface area contributed by atoms with Gasteiger partial charge in [0.25, 0.3) is 15.9 Å². The molecule has 78 valence electrons. The quantitative estimate of drug-likeness (QED) is 0.738. The molecule has 6 nitrogen and oxygen atoms in total. The summed E-state index contributed by atoms with van der Waals surface area (Å²) in [6.45, 7) is -0.114. The van der Waals surface area contributed by atoms with Crippen molar-refractivity contribution in [3.05, 3.63) is 34.2 Å². The molecule has 2 rings (SSSR count). The number of carbonyl (C=O) groups excluding carboxylic acids is 1. The van der Waals surface area contributed by atoms with Gasteiger partial charge in [0.2, 0.25) is 0 Å². The minimum Gasteiger partial charge on any atom is -0.268 e. The molecule has 7 heteroatoms. The van der Waals surface area contributed by atoms with E-state index in [1.54, 1.807) is 0 Å². The maximum Gasteiger partial charge on any atom is 0.266 e. The SMILES string of the molecule is O=NCc1ccc2c(c1)S(=O)(=O)NC2=O. The first-order chi connectivity index (χ1) is 7.04. The van der Waals surface area contributed by atoms with Crippen molar-refractivity contribution < 1.29 is 13.2 Å². The lowest BCUT2D eigenvalue weighted by molar-refractivity contribution is 0.0985. The summed E-state index contributed by atoms with van der Waals surface area (Å²) >= 11 is 0. The van der Waals surface area contributed by atoms with Crippen molar-refractivity contribution in [3.8, 4) is 0 Å². The number of rotatable bonds is 2. The molecule has 0 radical (unpaired) electrons. The fraction of sp³-hybridized carbons (Fsp3) is 0.125. The second kappa shape index (κ2) is 3.13. The van der Waals surface area contributed by atoms with Crippen LogP contribution in [0.2, 0.25) is 0 Å². The van der Waals surface area contributed by atoms with Crippen LogP contribution in [0.3, 0.4) is 0 Å². The summed E-state index contributed by atoms with van der Waals surface area (Å²) in [5.41, 5.74) is 0.563. The Morgan fingerprint density at radius 3 is 2.73 bits per heavy atom. The van der Waals surface area contributed by atoms with E-state index >= 15 is 0 Å². The largest absolute Gasteiger partial charge is 0.268 e. The summed E-state index contributed by atoms with van der Waals surface area (Å²) in [7, 11) is -3.74. The van der Waals surface area contributed by atoms with Crippen molar-refractivity contribution >= 4 is 15.9 Å². The molecule has 0 aliphatic carbocycles. The summed E-state index contributed by atoms with van der Waals surface area (Å²) in [6.07, 6.45) is 0. The Morgan fingerprint density at radius 1 is 1.33 bits per heavy atom. The Labute approximate surface area is 85.3 Å². The van der Waals surface area contributed by atoms with Crippen molar-refractivity contribution in [2.45, 2.75) is 11.4 Å². The van der Waals surface area contributed by atoms with Gasteiger partial charge in [-0.05, 0) is 17.7 Å². The number of fused-ring (bicyclic) bond motifs is 1. The normalized spacial score (nSPS) is 16.9. The fourth-order valence-corrected chi connectivity index (χ4v) is 2.60. The number of hydrogen-bond donors (Lipinski definition) is 1. The van der Waals surface area contributed by atoms with Gasteiger partial charge in [-0.15, -0.1) is 0 Å². The van der Waals surface area contributed by atoms with Gasteiger partial charge in [-0.3, -0.25) is 4.79 Å². The van der Waals surface area contributed by atoms with Gasteiger partial charge in [-0.2, -0.15) is 4.91 Å². The molecule has 0 spiro atoms. The first-order valence-electron chi connectivity index (χ1n) is 4.04. The van der Waals surface area contributed by atoms with Crippen molar-refractivity contribution in [1.29, 1.82) is 0 Å². The molecule has 1 heterocycles. The minimum absolute atomic E-state index is 0.0892. The van der Waals surface area contributed by atoms with Gasteiger partial charge in [0, 0.05) is 0 Å². The zero-order valence-electron chi connectivity index (χ0n) is 7.43. The number of nitrogens with zero attached hydrogens (tertiary/aromatic N) is 1. The minimum atomic E-state index is -3.74. The predicted octanol–water partition coefficient (Wildman–Crippen LogP) is 0.385. The highest BCUT2D eigenvalue weighted by molar-refractivity contribution is 7.90. The summed E-state index contributed by atoms with van der Waals surface area (Å²) in [5.74, 6) is -0.643. The van der Waals surface area contributed by atoms with E-state index in [-0.39, 0.29) is 17.0 Å². The standard InChI is InChI=1S/C8H6N2O4S/c11-8-6-2-1-5(4-9-12)3-7(6)15(13,14)10-8/h1-3H,4H2,(H,10,11). The summed E-state index contributed by atoms with van der Waals surface area (Å²) in [4.78, 5) is 21.1. The van der Waals surface area contributed by atoms with Gasteiger partial charge < -0.3 is 0 Å². The molecule has 0 unspecified atom stereocenters. The monoisotopic (exact) mass is 226 g/mol. The van der Waals surface area contributed by atoms with E-state index in [1.807, 2.05) is 4.72 Å². The molecule has 0 saturated heterocycles. The van der Waals surface area contributed by atoms with Crippen LogP contribution < -0.4 is 4.72 Å². The highest BCUT2D eigenvalue weighted by Gasteiger charge is 2.32. The molecule has 0 aromatic heterocycles. The summed E-state index contributed by atoms with van der Waals surface area (Å²) in [5, 5.41) is 2.65. The molecule has 1 aliphatic heterocycles. The van der Waals surface area contributed by atoms with Crippen LogP contribution in [0, 0.1) is 4.91 Å². The van der Waals surface area contributed by atoms with Gasteiger partial charge in [-0.25, -0.2) is 13.1 Å². The molecule has 1 aromatic rings. The number of nitroso groups, excluding NO2 is 1. The van der Waals surface area contributed by atoms with E-state index in [2.05, 4.69) is 5.18 Å². The van der Waals surface area contributed by atoms with Crippen LogP contribution in [0.1, 0.15) is 15.9 Å². The van der Waals surface area contributed by atoms with Gasteiger partial charge in [-0.1, -0.05) is 11.2 Å². The predicted molar refractivity (Wildman–Crippen MR) is 50.6 cm³/mol. The molecule has 0 fully saturated rings. The van der Waals surface area contributed by atoms with E-state index in [9.17, 15) is 18.1 Å². The number of hydrogen-bond acceptors (Lipinski definition) is 5. The first-order valence-corrected chi connectivity index (χ1v) is 5.52. The maximum atomic E-state index is 11.4. The summed E-state index contributed by atoms with van der Waals surface area (Å²) in [6, 6.07) is 4.15. The molecular weight excluding hydrogens is 220 g/mol. The van der Waals surface area contributed by atoms with Crippen LogP contribution in [-0.4, -0.2) is 14.3 Å². The second-order valence-electron chi connectivity index (χ2n) is 3.05. The summed E-state index contributed by atoms with van der Waals surface area (Å²) < 4.78 is 24.6. The van der Waals surface area contributed by atoms with E-state index in [4.69, 9.17) is 0 Å². The highest BCUT2D eigenvalue weighted by atomic mass is 32.2. The maximum absolute atomic E-state index is 11.4. The highest BCUT2D eigenvalue weighted by Crippen LogP contribution is 2.23. The zero-order valence-corrected chi connectivity index (χ0v) is 8.24. The number of carbonyl (C=O) groups is 1. The Kier molecular flexibility index (Phi) is 2.04.